The first kappa shape index (κ1) is 20.7. The van der Waals surface area contributed by atoms with E-state index >= 15 is 0 Å². The Hall–Kier alpha value is -3.07. The van der Waals surface area contributed by atoms with Gasteiger partial charge in [0, 0.05) is 23.1 Å². The molecule has 8 nitrogen and oxygen atoms in total. The predicted octanol–water partition coefficient (Wildman–Crippen LogP) is 2.38. The standard InChI is InChI=1S/C20H22N2O6S/c1-26-16-9-14(20(25)28-11-19(24)21-12-5-6-12)15(10-17(16)27-2)22-18(23)8-13-4-3-7-29-13/h3-4,7,9-10,12H,5-6,8,11H2,1-2H3,(H,21,24)(H,22,23). The van der Waals surface area contributed by atoms with E-state index in [1.807, 2.05) is 17.5 Å². The van der Waals surface area contributed by atoms with Gasteiger partial charge in [-0.3, -0.25) is 9.59 Å². The van der Waals surface area contributed by atoms with E-state index in [0.29, 0.717) is 11.5 Å². The summed E-state index contributed by atoms with van der Waals surface area (Å²) in [6.07, 6.45) is 2.05. The number of nitrogens with one attached hydrogen (secondary N) is 2. The molecule has 2 N–H and O–H groups in total. The number of methoxy groups -OCH3 is 2. The van der Waals surface area contributed by atoms with Crippen molar-refractivity contribution < 1.29 is 28.6 Å². The van der Waals surface area contributed by atoms with Crippen molar-refractivity contribution in [3.63, 3.8) is 0 Å². The Morgan fingerprint density at radius 3 is 2.45 bits per heavy atom. The fourth-order valence-corrected chi connectivity index (χ4v) is 3.33. The number of hydrogen-bond acceptors (Lipinski definition) is 7. The lowest BCUT2D eigenvalue weighted by Crippen LogP contribution is -2.30. The summed E-state index contributed by atoms with van der Waals surface area (Å²) in [5.41, 5.74) is 0.290. The van der Waals surface area contributed by atoms with Gasteiger partial charge in [-0.15, -0.1) is 11.3 Å². The Morgan fingerprint density at radius 1 is 1.10 bits per heavy atom. The molecule has 1 aromatic carbocycles. The highest BCUT2D eigenvalue weighted by atomic mass is 32.1. The molecule has 1 heterocycles. The maximum atomic E-state index is 12.6. The van der Waals surface area contributed by atoms with Crippen LogP contribution in [-0.2, 0) is 20.7 Å². The third-order valence-electron chi connectivity index (χ3n) is 4.21. The maximum Gasteiger partial charge on any atom is 0.340 e. The minimum Gasteiger partial charge on any atom is -0.493 e. The number of amides is 2. The smallest absolute Gasteiger partial charge is 0.340 e. The van der Waals surface area contributed by atoms with E-state index < -0.39 is 12.6 Å². The number of esters is 1. The van der Waals surface area contributed by atoms with Crippen molar-refractivity contribution >= 4 is 34.8 Å². The van der Waals surface area contributed by atoms with Gasteiger partial charge in [0.25, 0.3) is 5.91 Å². The Balaban J connectivity index is 1.75. The van der Waals surface area contributed by atoms with Crippen LogP contribution in [0.4, 0.5) is 5.69 Å². The SMILES string of the molecule is COc1cc(NC(=O)Cc2cccs2)c(C(=O)OCC(=O)NC2CC2)cc1OC. The van der Waals surface area contributed by atoms with Gasteiger partial charge in [-0.05, 0) is 24.3 Å². The number of rotatable bonds is 9. The molecule has 0 saturated heterocycles. The average molecular weight is 418 g/mol. The Bertz CT molecular complexity index is 893. The molecular formula is C20H22N2O6S. The van der Waals surface area contributed by atoms with Crippen LogP contribution in [0.5, 0.6) is 11.5 Å². The number of carbonyl (C=O) groups is 3. The van der Waals surface area contributed by atoms with Crippen molar-refractivity contribution in [3.05, 3.63) is 40.1 Å². The fourth-order valence-electron chi connectivity index (χ4n) is 2.62. The van der Waals surface area contributed by atoms with E-state index in [1.165, 1.54) is 37.7 Å². The number of thiophene rings is 1. The third-order valence-corrected chi connectivity index (χ3v) is 5.09. The summed E-state index contributed by atoms with van der Waals surface area (Å²) < 4.78 is 15.6. The fraction of sp³-hybridized carbons (Fsp3) is 0.350. The lowest BCUT2D eigenvalue weighted by molar-refractivity contribution is -0.124. The largest absolute Gasteiger partial charge is 0.493 e. The summed E-state index contributed by atoms with van der Waals surface area (Å²) in [5.74, 6) is -0.742. The molecule has 0 spiro atoms. The van der Waals surface area contributed by atoms with Crippen LogP contribution in [0.2, 0.25) is 0 Å². The summed E-state index contributed by atoms with van der Waals surface area (Å²) in [5, 5.41) is 7.34. The number of benzene rings is 1. The Kier molecular flexibility index (Phi) is 6.71. The van der Waals surface area contributed by atoms with Gasteiger partial charge in [0.15, 0.2) is 18.1 Å². The van der Waals surface area contributed by atoms with Gasteiger partial charge in [-0.2, -0.15) is 0 Å². The van der Waals surface area contributed by atoms with Gasteiger partial charge in [-0.25, -0.2) is 4.79 Å². The molecule has 2 amide bonds. The van der Waals surface area contributed by atoms with Crippen molar-refractivity contribution in [2.75, 3.05) is 26.1 Å². The second-order valence-corrected chi connectivity index (χ2v) is 7.51. The minimum absolute atomic E-state index is 0.0707. The van der Waals surface area contributed by atoms with Crippen LogP contribution < -0.4 is 20.1 Å². The molecule has 1 aliphatic rings. The molecule has 154 valence electrons. The summed E-state index contributed by atoms with van der Waals surface area (Å²) in [6, 6.07) is 6.80. The normalized spacial score (nSPS) is 12.8. The van der Waals surface area contributed by atoms with Crippen LogP contribution in [0.1, 0.15) is 28.1 Å². The highest BCUT2D eigenvalue weighted by molar-refractivity contribution is 7.10. The van der Waals surface area contributed by atoms with E-state index in [2.05, 4.69) is 10.6 Å². The maximum absolute atomic E-state index is 12.6. The van der Waals surface area contributed by atoms with Crippen LogP contribution in [0.15, 0.2) is 29.6 Å². The number of ether oxygens (including phenoxy) is 3. The van der Waals surface area contributed by atoms with E-state index in [9.17, 15) is 14.4 Å². The first-order chi connectivity index (χ1) is 14.0. The second-order valence-electron chi connectivity index (χ2n) is 6.48. The average Bonchev–Trinajstić information content (AvgIpc) is 3.37. The van der Waals surface area contributed by atoms with Crippen LogP contribution in [-0.4, -0.2) is 44.7 Å². The summed E-state index contributed by atoms with van der Waals surface area (Å²) in [6.45, 7) is -0.397. The second kappa shape index (κ2) is 9.42. The molecule has 1 saturated carbocycles. The highest BCUT2D eigenvalue weighted by Crippen LogP contribution is 2.34. The van der Waals surface area contributed by atoms with E-state index in [-0.39, 0.29) is 35.5 Å². The highest BCUT2D eigenvalue weighted by Gasteiger charge is 2.25. The van der Waals surface area contributed by atoms with E-state index in [4.69, 9.17) is 14.2 Å². The van der Waals surface area contributed by atoms with Gasteiger partial charge < -0.3 is 24.8 Å². The summed E-state index contributed by atoms with van der Waals surface area (Å²) in [7, 11) is 2.89. The molecule has 3 rings (SSSR count). The topological polar surface area (TPSA) is 103 Å². The van der Waals surface area contributed by atoms with Gasteiger partial charge in [0.1, 0.15) is 0 Å². The number of carbonyl (C=O) groups excluding carboxylic acids is 3. The zero-order chi connectivity index (χ0) is 20.8. The molecule has 29 heavy (non-hydrogen) atoms. The predicted molar refractivity (Wildman–Crippen MR) is 108 cm³/mol. The lowest BCUT2D eigenvalue weighted by atomic mass is 10.1. The molecule has 2 aromatic rings. The van der Waals surface area contributed by atoms with Gasteiger partial charge in [0.2, 0.25) is 5.91 Å². The quantitative estimate of drug-likeness (QED) is 0.606. The number of hydrogen-bond donors (Lipinski definition) is 2. The minimum atomic E-state index is -0.747. The van der Waals surface area contributed by atoms with Crippen LogP contribution in [0.3, 0.4) is 0 Å². The zero-order valence-electron chi connectivity index (χ0n) is 16.2. The van der Waals surface area contributed by atoms with Crippen molar-refractivity contribution in [1.29, 1.82) is 0 Å². The van der Waals surface area contributed by atoms with Crippen LogP contribution >= 0.6 is 11.3 Å². The molecule has 1 fully saturated rings. The van der Waals surface area contributed by atoms with Crippen molar-refractivity contribution in [1.82, 2.24) is 5.32 Å². The van der Waals surface area contributed by atoms with Crippen molar-refractivity contribution in [3.8, 4) is 11.5 Å². The molecule has 1 aliphatic carbocycles. The van der Waals surface area contributed by atoms with Gasteiger partial charge in [-0.1, -0.05) is 6.07 Å². The monoisotopic (exact) mass is 418 g/mol. The van der Waals surface area contributed by atoms with Gasteiger partial charge in [0.05, 0.1) is 31.9 Å². The summed E-state index contributed by atoms with van der Waals surface area (Å²) in [4.78, 5) is 37.7. The molecular weight excluding hydrogens is 396 g/mol. The zero-order valence-corrected chi connectivity index (χ0v) is 17.0. The molecule has 0 radical (unpaired) electrons. The van der Waals surface area contributed by atoms with Crippen molar-refractivity contribution in [2.45, 2.75) is 25.3 Å². The van der Waals surface area contributed by atoms with Gasteiger partial charge >= 0.3 is 5.97 Å². The molecule has 1 aromatic heterocycles. The first-order valence-electron chi connectivity index (χ1n) is 9.05. The first-order valence-corrected chi connectivity index (χ1v) is 9.93. The molecule has 0 bridgehead atoms. The molecule has 0 aliphatic heterocycles. The Labute approximate surface area is 172 Å². The molecule has 0 atom stereocenters. The lowest BCUT2D eigenvalue weighted by Gasteiger charge is -2.15. The molecule has 9 heteroatoms. The van der Waals surface area contributed by atoms with Crippen LogP contribution in [0.25, 0.3) is 0 Å². The van der Waals surface area contributed by atoms with E-state index in [0.717, 1.165) is 17.7 Å². The Morgan fingerprint density at radius 2 is 1.83 bits per heavy atom. The third kappa shape index (κ3) is 5.71. The van der Waals surface area contributed by atoms with E-state index in [1.54, 1.807) is 0 Å². The summed E-state index contributed by atoms with van der Waals surface area (Å²) >= 11 is 1.47. The molecule has 0 unspecified atom stereocenters. The van der Waals surface area contributed by atoms with Crippen LogP contribution in [0, 0.1) is 0 Å². The van der Waals surface area contributed by atoms with Crippen molar-refractivity contribution in [2.24, 2.45) is 0 Å². The number of anilines is 1.